The van der Waals surface area contributed by atoms with Crippen LogP contribution in [0.3, 0.4) is 0 Å². The monoisotopic (exact) mass is 266 g/mol. The summed E-state index contributed by atoms with van der Waals surface area (Å²) < 4.78 is 37.1. The largest absolute Gasteiger partial charge is 0.476 e. The molecule has 0 saturated heterocycles. The molecule has 0 atom stereocenters. The van der Waals surface area contributed by atoms with Crippen LogP contribution in [0.2, 0.25) is 0 Å². The van der Waals surface area contributed by atoms with E-state index in [9.17, 15) is 18.0 Å². The number of aromatic nitrogens is 3. The van der Waals surface area contributed by atoms with Crippen LogP contribution in [-0.4, -0.2) is 38.8 Å². The van der Waals surface area contributed by atoms with Gasteiger partial charge in [0.25, 0.3) is 0 Å². The van der Waals surface area contributed by atoms with E-state index in [-0.39, 0.29) is 37.3 Å². The maximum absolute atomic E-state index is 12.0. The van der Waals surface area contributed by atoms with Crippen molar-refractivity contribution in [2.75, 3.05) is 6.54 Å². The van der Waals surface area contributed by atoms with E-state index in [1.54, 1.807) is 0 Å². The fourth-order valence-corrected chi connectivity index (χ4v) is 1.49. The molecule has 9 heteroatoms. The first kappa shape index (κ1) is 14.4. The molecule has 18 heavy (non-hydrogen) atoms. The molecule has 1 aromatic rings. The number of carboxylic acids is 1. The van der Waals surface area contributed by atoms with Crippen LogP contribution >= 0.6 is 0 Å². The normalized spacial score (nSPS) is 11.8. The van der Waals surface area contributed by atoms with Gasteiger partial charge in [-0.2, -0.15) is 13.2 Å². The number of carbonyl (C=O) groups is 1. The molecule has 6 nitrogen and oxygen atoms in total. The molecule has 0 aliphatic rings. The van der Waals surface area contributed by atoms with Crippen LogP contribution in [0.25, 0.3) is 0 Å². The third-order valence-corrected chi connectivity index (χ3v) is 2.25. The fraction of sp³-hybridized carbons (Fsp3) is 0.667. The standard InChI is InChI=1S/C9H13F3N4O2/c10-9(11,12)3-1-5-16-6(2-4-13)7(8(17)18)14-15-16/h1-5,13H2,(H,17,18). The molecule has 0 radical (unpaired) electrons. The van der Waals surface area contributed by atoms with Crippen LogP contribution in [0.5, 0.6) is 0 Å². The lowest BCUT2D eigenvalue weighted by Gasteiger charge is -2.08. The van der Waals surface area contributed by atoms with Crippen LogP contribution in [0.1, 0.15) is 29.0 Å². The second-order valence-corrected chi connectivity index (χ2v) is 3.67. The van der Waals surface area contributed by atoms with Gasteiger partial charge in [0, 0.05) is 19.4 Å². The molecule has 0 amide bonds. The maximum Gasteiger partial charge on any atom is 0.389 e. The Balaban J connectivity index is 2.73. The quantitative estimate of drug-likeness (QED) is 0.795. The van der Waals surface area contributed by atoms with Crippen molar-refractivity contribution in [3.05, 3.63) is 11.4 Å². The number of carboxylic acid groups (broad SMARTS) is 1. The van der Waals surface area contributed by atoms with E-state index in [2.05, 4.69) is 10.3 Å². The van der Waals surface area contributed by atoms with Crippen LogP contribution in [0.4, 0.5) is 13.2 Å². The second-order valence-electron chi connectivity index (χ2n) is 3.67. The molecule has 0 unspecified atom stereocenters. The Hall–Kier alpha value is -1.64. The summed E-state index contributed by atoms with van der Waals surface area (Å²) in [6, 6.07) is 0. The van der Waals surface area contributed by atoms with Gasteiger partial charge in [-0.3, -0.25) is 0 Å². The van der Waals surface area contributed by atoms with Crippen LogP contribution in [-0.2, 0) is 13.0 Å². The van der Waals surface area contributed by atoms with Crippen molar-refractivity contribution >= 4 is 5.97 Å². The fourth-order valence-electron chi connectivity index (χ4n) is 1.49. The van der Waals surface area contributed by atoms with E-state index in [0.717, 1.165) is 0 Å². The summed E-state index contributed by atoms with van der Waals surface area (Å²) in [5, 5.41) is 15.8. The van der Waals surface area contributed by atoms with Gasteiger partial charge in [-0.1, -0.05) is 5.21 Å². The van der Waals surface area contributed by atoms with E-state index in [1.807, 2.05) is 0 Å². The smallest absolute Gasteiger partial charge is 0.389 e. The maximum atomic E-state index is 12.0. The van der Waals surface area contributed by atoms with E-state index < -0.39 is 18.6 Å². The number of aromatic carboxylic acids is 1. The Labute approximate surface area is 101 Å². The number of halogens is 3. The number of rotatable bonds is 6. The summed E-state index contributed by atoms with van der Waals surface area (Å²) in [5.74, 6) is -1.26. The van der Waals surface area contributed by atoms with Gasteiger partial charge in [0.1, 0.15) is 0 Å². The van der Waals surface area contributed by atoms with Gasteiger partial charge in [0.05, 0.1) is 5.69 Å². The highest BCUT2D eigenvalue weighted by atomic mass is 19.4. The summed E-state index contributed by atoms with van der Waals surface area (Å²) in [5.41, 5.74) is 5.31. The molecule has 3 N–H and O–H groups in total. The molecule has 0 aromatic carbocycles. The van der Waals surface area contributed by atoms with E-state index in [1.165, 1.54) is 4.68 Å². The van der Waals surface area contributed by atoms with Gasteiger partial charge in [-0.25, -0.2) is 9.48 Å². The second kappa shape index (κ2) is 5.80. The van der Waals surface area contributed by atoms with Crippen molar-refractivity contribution < 1.29 is 23.1 Å². The molecule has 1 rings (SSSR count). The minimum absolute atomic E-state index is 0.0326. The minimum Gasteiger partial charge on any atom is -0.476 e. The average molecular weight is 266 g/mol. The molecule has 0 spiro atoms. The van der Waals surface area contributed by atoms with Crippen molar-refractivity contribution in [2.24, 2.45) is 5.73 Å². The van der Waals surface area contributed by atoms with Crippen molar-refractivity contribution in [1.82, 2.24) is 15.0 Å². The first-order valence-corrected chi connectivity index (χ1v) is 5.27. The van der Waals surface area contributed by atoms with Gasteiger partial charge < -0.3 is 10.8 Å². The number of hydrogen-bond donors (Lipinski definition) is 2. The highest BCUT2D eigenvalue weighted by Crippen LogP contribution is 2.21. The first-order chi connectivity index (χ1) is 8.35. The molecule has 102 valence electrons. The van der Waals surface area contributed by atoms with E-state index in [4.69, 9.17) is 10.8 Å². The molecule has 0 fully saturated rings. The third-order valence-electron chi connectivity index (χ3n) is 2.25. The number of aryl methyl sites for hydroxylation is 1. The van der Waals surface area contributed by atoms with Crippen molar-refractivity contribution in [3.8, 4) is 0 Å². The lowest BCUT2D eigenvalue weighted by molar-refractivity contribution is -0.136. The minimum atomic E-state index is -4.23. The van der Waals surface area contributed by atoms with E-state index in [0.29, 0.717) is 0 Å². The molecule has 0 aliphatic heterocycles. The van der Waals surface area contributed by atoms with Crippen LogP contribution in [0, 0.1) is 0 Å². The van der Waals surface area contributed by atoms with Gasteiger partial charge in [-0.15, -0.1) is 5.10 Å². The lowest BCUT2D eigenvalue weighted by Crippen LogP contribution is -2.15. The molecule has 0 aliphatic carbocycles. The van der Waals surface area contributed by atoms with E-state index >= 15 is 0 Å². The Morgan fingerprint density at radius 2 is 2.11 bits per heavy atom. The summed E-state index contributed by atoms with van der Waals surface area (Å²) in [6.07, 6.45) is -5.15. The summed E-state index contributed by atoms with van der Waals surface area (Å²) >= 11 is 0. The zero-order chi connectivity index (χ0) is 13.8. The van der Waals surface area contributed by atoms with Crippen LogP contribution < -0.4 is 5.73 Å². The van der Waals surface area contributed by atoms with Crippen molar-refractivity contribution in [2.45, 2.75) is 32.0 Å². The molecule has 0 saturated carbocycles. The average Bonchev–Trinajstić information content (AvgIpc) is 2.60. The molecule has 1 heterocycles. The summed E-state index contributed by atoms with van der Waals surface area (Å²) in [6.45, 7) is 0.141. The van der Waals surface area contributed by atoms with Gasteiger partial charge in [0.15, 0.2) is 5.69 Å². The zero-order valence-corrected chi connectivity index (χ0v) is 9.44. The molecule has 0 bridgehead atoms. The highest BCUT2D eigenvalue weighted by Gasteiger charge is 2.26. The topological polar surface area (TPSA) is 94.0 Å². The Kier molecular flexibility index (Phi) is 4.65. The Bertz CT molecular complexity index is 416. The predicted molar refractivity (Wildman–Crippen MR) is 55.0 cm³/mol. The lowest BCUT2D eigenvalue weighted by atomic mass is 10.2. The van der Waals surface area contributed by atoms with Crippen molar-refractivity contribution in [1.29, 1.82) is 0 Å². The van der Waals surface area contributed by atoms with Gasteiger partial charge >= 0.3 is 12.1 Å². The first-order valence-electron chi connectivity index (χ1n) is 5.27. The number of nitrogens with zero attached hydrogens (tertiary/aromatic N) is 3. The number of alkyl halides is 3. The predicted octanol–water partition coefficient (Wildman–Crippen LogP) is 0.820. The van der Waals surface area contributed by atoms with Crippen LogP contribution in [0.15, 0.2) is 0 Å². The highest BCUT2D eigenvalue weighted by molar-refractivity contribution is 5.86. The Morgan fingerprint density at radius 1 is 1.44 bits per heavy atom. The zero-order valence-electron chi connectivity index (χ0n) is 9.44. The summed E-state index contributed by atoms with van der Waals surface area (Å²) in [4.78, 5) is 10.8. The summed E-state index contributed by atoms with van der Waals surface area (Å²) in [7, 11) is 0. The SMILES string of the molecule is NCCc1c(C(=O)O)nnn1CCCC(F)(F)F. The Morgan fingerprint density at radius 3 is 2.61 bits per heavy atom. The number of nitrogens with two attached hydrogens (primary N) is 1. The molecular formula is C9H13F3N4O2. The molecule has 1 aromatic heterocycles. The van der Waals surface area contributed by atoms with Gasteiger partial charge in [-0.05, 0) is 13.0 Å². The number of hydrogen-bond acceptors (Lipinski definition) is 4. The molecular weight excluding hydrogens is 253 g/mol. The van der Waals surface area contributed by atoms with Crippen molar-refractivity contribution in [3.63, 3.8) is 0 Å². The third kappa shape index (κ3) is 3.99. The van der Waals surface area contributed by atoms with Gasteiger partial charge in [0.2, 0.25) is 0 Å².